The van der Waals surface area contributed by atoms with Crippen LogP contribution in [0.1, 0.15) is 30.3 Å². The van der Waals surface area contributed by atoms with Crippen LogP contribution < -0.4 is 0 Å². The van der Waals surface area contributed by atoms with Crippen molar-refractivity contribution >= 4 is 0 Å². The zero-order chi connectivity index (χ0) is 15.7. The van der Waals surface area contributed by atoms with Crippen LogP contribution in [0.15, 0.2) is 18.5 Å². The molecule has 0 spiro atoms. The van der Waals surface area contributed by atoms with Gasteiger partial charge in [0.1, 0.15) is 0 Å². The lowest BCUT2D eigenvalue weighted by Gasteiger charge is -2.32. The molecule has 3 heterocycles. The summed E-state index contributed by atoms with van der Waals surface area (Å²) in [5.74, 6) is 0. The van der Waals surface area contributed by atoms with Crippen LogP contribution in [0.25, 0.3) is 0 Å². The fourth-order valence-corrected chi connectivity index (χ4v) is 2.78. The van der Waals surface area contributed by atoms with E-state index in [-0.39, 0.29) is 6.04 Å². The van der Waals surface area contributed by atoms with Crippen LogP contribution in [0.4, 0.5) is 13.2 Å². The molecule has 0 radical (unpaired) electrons. The van der Waals surface area contributed by atoms with Gasteiger partial charge in [-0.2, -0.15) is 18.3 Å². The number of hydrogen-bond donors (Lipinski definition) is 0. The first-order chi connectivity index (χ1) is 10.4. The first-order valence-corrected chi connectivity index (χ1v) is 7.12. The Morgan fingerprint density at radius 2 is 2.18 bits per heavy atom. The number of aryl methyl sites for hydroxylation is 1. The van der Waals surface area contributed by atoms with Gasteiger partial charge in [-0.3, -0.25) is 14.3 Å². The van der Waals surface area contributed by atoms with E-state index >= 15 is 0 Å². The number of halogens is 3. The van der Waals surface area contributed by atoms with Crippen molar-refractivity contribution in [3.05, 3.63) is 29.8 Å². The van der Waals surface area contributed by atoms with Gasteiger partial charge in [0, 0.05) is 32.5 Å². The first kappa shape index (κ1) is 15.0. The van der Waals surface area contributed by atoms with Crippen LogP contribution in [0, 0.1) is 0 Å². The molecular weight excluding hydrogens is 297 g/mol. The number of likely N-dealkylation sites (tertiary alicyclic amines) is 1. The second-order valence-electron chi connectivity index (χ2n) is 5.59. The molecule has 1 atom stereocenters. The highest BCUT2D eigenvalue weighted by atomic mass is 19.4. The zero-order valence-corrected chi connectivity index (χ0v) is 12.2. The predicted molar refractivity (Wildman–Crippen MR) is 71.8 cm³/mol. The Labute approximate surface area is 125 Å². The second-order valence-corrected chi connectivity index (χ2v) is 5.59. The molecule has 0 aliphatic carbocycles. The number of nitrogens with zero attached hydrogens (tertiary/aromatic N) is 6. The SMILES string of the molecule is Cn1cc(CN2CCCC(n3ccc(C(F)(F)F)n3)C2)nn1. The van der Waals surface area contributed by atoms with Crippen LogP contribution in [-0.4, -0.2) is 42.8 Å². The minimum absolute atomic E-state index is 0.0403. The predicted octanol–water partition coefficient (Wildman–Crippen LogP) is 1.87. The van der Waals surface area contributed by atoms with E-state index in [4.69, 9.17) is 0 Å². The van der Waals surface area contributed by atoms with Crippen molar-refractivity contribution in [1.29, 1.82) is 0 Å². The molecule has 0 amide bonds. The summed E-state index contributed by atoms with van der Waals surface area (Å²) >= 11 is 0. The largest absolute Gasteiger partial charge is 0.435 e. The van der Waals surface area contributed by atoms with Gasteiger partial charge in [0.05, 0.1) is 11.7 Å². The molecule has 0 aromatic carbocycles. The maximum absolute atomic E-state index is 12.6. The van der Waals surface area contributed by atoms with Crippen molar-refractivity contribution in [1.82, 2.24) is 29.7 Å². The average molecular weight is 314 g/mol. The van der Waals surface area contributed by atoms with E-state index in [1.165, 1.54) is 10.9 Å². The Morgan fingerprint density at radius 3 is 2.82 bits per heavy atom. The van der Waals surface area contributed by atoms with Crippen molar-refractivity contribution in [2.24, 2.45) is 7.05 Å². The number of piperidine rings is 1. The van der Waals surface area contributed by atoms with E-state index in [0.29, 0.717) is 13.1 Å². The molecule has 2 aromatic heterocycles. The zero-order valence-electron chi connectivity index (χ0n) is 12.2. The molecule has 1 fully saturated rings. The Hall–Kier alpha value is -1.90. The molecule has 6 nitrogen and oxygen atoms in total. The molecule has 1 saturated heterocycles. The van der Waals surface area contributed by atoms with Gasteiger partial charge in [0.15, 0.2) is 5.69 Å². The summed E-state index contributed by atoms with van der Waals surface area (Å²) in [6, 6.07) is 0.989. The third kappa shape index (κ3) is 3.29. The maximum Gasteiger partial charge on any atom is 0.435 e. The molecule has 22 heavy (non-hydrogen) atoms. The van der Waals surface area contributed by atoms with Gasteiger partial charge in [-0.05, 0) is 25.5 Å². The normalized spacial score (nSPS) is 20.5. The number of rotatable bonds is 3. The van der Waals surface area contributed by atoms with E-state index in [0.717, 1.165) is 31.1 Å². The van der Waals surface area contributed by atoms with Crippen molar-refractivity contribution in [2.45, 2.75) is 31.6 Å². The minimum Gasteiger partial charge on any atom is -0.295 e. The summed E-state index contributed by atoms with van der Waals surface area (Å²) in [7, 11) is 1.80. The molecule has 1 unspecified atom stereocenters. The molecule has 2 aromatic rings. The Morgan fingerprint density at radius 1 is 1.36 bits per heavy atom. The van der Waals surface area contributed by atoms with Gasteiger partial charge in [-0.25, -0.2) is 0 Å². The van der Waals surface area contributed by atoms with Crippen LogP contribution >= 0.6 is 0 Å². The van der Waals surface area contributed by atoms with Gasteiger partial charge in [-0.1, -0.05) is 5.21 Å². The number of hydrogen-bond acceptors (Lipinski definition) is 4. The summed E-state index contributed by atoms with van der Waals surface area (Å²) in [4.78, 5) is 2.17. The standard InChI is InChI=1S/C13H17F3N6/c1-20-7-10(17-19-20)8-21-5-2-3-11(9-21)22-6-4-12(18-22)13(14,15)16/h4,6-7,11H,2-3,5,8-9H2,1H3. The summed E-state index contributed by atoms with van der Waals surface area (Å²) in [6.07, 6.45) is 0.625. The lowest BCUT2D eigenvalue weighted by atomic mass is 10.1. The lowest BCUT2D eigenvalue weighted by molar-refractivity contribution is -0.141. The van der Waals surface area contributed by atoms with Gasteiger partial charge < -0.3 is 0 Å². The average Bonchev–Trinajstić information content (AvgIpc) is 3.08. The molecule has 1 aliphatic heterocycles. The van der Waals surface area contributed by atoms with Crippen molar-refractivity contribution in [2.75, 3.05) is 13.1 Å². The fourth-order valence-electron chi connectivity index (χ4n) is 2.78. The highest BCUT2D eigenvalue weighted by Crippen LogP contribution is 2.29. The Bertz CT molecular complexity index is 632. The van der Waals surface area contributed by atoms with Gasteiger partial charge >= 0.3 is 6.18 Å². The highest BCUT2D eigenvalue weighted by Gasteiger charge is 2.34. The van der Waals surface area contributed by atoms with Crippen LogP contribution in [-0.2, 0) is 19.8 Å². The van der Waals surface area contributed by atoms with Crippen LogP contribution in [0.5, 0.6) is 0 Å². The Balaban J connectivity index is 1.66. The van der Waals surface area contributed by atoms with Crippen LogP contribution in [0.3, 0.4) is 0 Å². The summed E-state index contributed by atoms with van der Waals surface area (Å²) < 4.78 is 41.0. The fraction of sp³-hybridized carbons (Fsp3) is 0.615. The van der Waals surface area contributed by atoms with Crippen molar-refractivity contribution < 1.29 is 13.2 Å². The summed E-state index contributed by atoms with van der Waals surface area (Å²) in [5.41, 5.74) is 0.0261. The van der Waals surface area contributed by atoms with E-state index in [1.807, 2.05) is 6.20 Å². The lowest BCUT2D eigenvalue weighted by Crippen LogP contribution is -2.36. The molecule has 9 heteroatoms. The third-order valence-electron chi connectivity index (χ3n) is 3.79. The van der Waals surface area contributed by atoms with E-state index in [9.17, 15) is 13.2 Å². The molecule has 0 N–H and O–H groups in total. The monoisotopic (exact) mass is 314 g/mol. The van der Waals surface area contributed by atoms with E-state index in [1.54, 1.807) is 11.7 Å². The summed E-state index contributed by atoms with van der Waals surface area (Å²) in [6.45, 7) is 2.22. The van der Waals surface area contributed by atoms with E-state index < -0.39 is 11.9 Å². The van der Waals surface area contributed by atoms with Crippen molar-refractivity contribution in [3.63, 3.8) is 0 Å². The molecule has 3 rings (SSSR count). The van der Waals surface area contributed by atoms with Crippen molar-refractivity contribution in [3.8, 4) is 0 Å². The second kappa shape index (κ2) is 5.71. The quantitative estimate of drug-likeness (QED) is 0.868. The molecule has 0 saturated carbocycles. The van der Waals surface area contributed by atoms with Gasteiger partial charge in [0.25, 0.3) is 0 Å². The molecule has 1 aliphatic rings. The first-order valence-electron chi connectivity index (χ1n) is 7.12. The topological polar surface area (TPSA) is 51.8 Å². The maximum atomic E-state index is 12.6. The molecule has 120 valence electrons. The summed E-state index contributed by atoms with van der Waals surface area (Å²) in [5, 5.41) is 11.6. The molecular formula is C13H17F3N6. The Kier molecular flexibility index (Phi) is 3.90. The minimum atomic E-state index is -4.39. The van der Waals surface area contributed by atoms with Crippen LogP contribution in [0.2, 0.25) is 0 Å². The van der Waals surface area contributed by atoms with Gasteiger partial charge in [-0.15, -0.1) is 5.10 Å². The number of alkyl halides is 3. The highest BCUT2D eigenvalue weighted by molar-refractivity contribution is 5.04. The van der Waals surface area contributed by atoms with Gasteiger partial charge in [0.2, 0.25) is 0 Å². The van der Waals surface area contributed by atoms with E-state index in [2.05, 4.69) is 20.3 Å². The molecule has 0 bridgehead atoms. The number of aromatic nitrogens is 5. The smallest absolute Gasteiger partial charge is 0.295 e. The third-order valence-corrected chi connectivity index (χ3v) is 3.79.